The number of likely N-dealkylation sites (tertiary alicyclic amines) is 1. The minimum Gasteiger partial charge on any atom is -0.485 e. The lowest BCUT2D eigenvalue weighted by atomic mass is 9.93. The molecule has 1 N–H and O–H groups in total. The lowest BCUT2D eigenvalue weighted by Crippen LogP contribution is -2.52. The molecular formula is C24H30N4O3. The Kier molecular flexibility index (Phi) is 6.23. The first-order valence-electron chi connectivity index (χ1n) is 10.9. The summed E-state index contributed by atoms with van der Waals surface area (Å²) in [5, 5.41) is 2.84. The molecule has 1 fully saturated rings. The molecule has 0 bridgehead atoms. The second kappa shape index (κ2) is 9.06. The molecule has 4 rings (SSSR count). The number of benzene rings is 1. The summed E-state index contributed by atoms with van der Waals surface area (Å²) in [6.45, 7) is 4.69. The third-order valence-electron chi connectivity index (χ3n) is 6.23. The summed E-state index contributed by atoms with van der Waals surface area (Å²) in [6.07, 6.45) is 5.91. The summed E-state index contributed by atoms with van der Waals surface area (Å²) in [6, 6.07) is 10.6. The molecule has 31 heavy (non-hydrogen) atoms. The van der Waals surface area contributed by atoms with Gasteiger partial charge in [0.1, 0.15) is 17.4 Å². The molecule has 2 aliphatic heterocycles. The van der Waals surface area contributed by atoms with Gasteiger partial charge in [-0.1, -0.05) is 18.2 Å². The van der Waals surface area contributed by atoms with Crippen LogP contribution in [0.2, 0.25) is 0 Å². The number of carbonyl (C=O) groups excluding carboxylic acids is 2. The lowest BCUT2D eigenvalue weighted by molar-refractivity contribution is -0.136. The van der Waals surface area contributed by atoms with Crippen LogP contribution < -0.4 is 10.1 Å². The number of ether oxygens (including phenoxy) is 1. The van der Waals surface area contributed by atoms with Crippen molar-refractivity contribution in [2.45, 2.75) is 44.4 Å². The van der Waals surface area contributed by atoms with E-state index in [2.05, 4.69) is 22.2 Å². The quantitative estimate of drug-likeness (QED) is 0.823. The number of nitrogens with one attached hydrogen (secondary N) is 1. The number of fused-ring (bicyclic) bond motifs is 1. The van der Waals surface area contributed by atoms with E-state index >= 15 is 0 Å². The molecular weight excluding hydrogens is 392 g/mol. The van der Waals surface area contributed by atoms with E-state index in [1.54, 1.807) is 31.5 Å². The number of nitrogens with zero attached hydrogens (tertiary/aromatic N) is 3. The van der Waals surface area contributed by atoms with E-state index < -0.39 is 11.6 Å². The highest BCUT2D eigenvalue weighted by molar-refractivity contribution is 5.97. The molecule has 0 saturated carbocycles. The van der Waals surface area contributed by atoms with Gasteiger partial charge in [0, 0.05) is 43.0 Å². The maximum Gasteiger partial charge on any atom is 0.252 e. The van der Waals surface area contributed by atoms with Crippen LogP contribution in [0.3, 0.4) is 0 Å². The molecule has 7 nitrogen and oxygen atoms in total. The summed E-state index contributed by atoms with van der Waals surface area (Å²) in [4.78, 5) is 34.1. The predicted molar refractivity (Wildman–Crippen MR) is 118 cm³/mol. The number of carbonyl (C=O) groups is 2. The van der Waals surface area contributed by atoms with Crippen LogP contribution in [0.1, 0.15) is 42.1 Å². The van der Waals surface area contributed by atoms with Crippen LogP contribution in [0.4, 0.5) is 0 Å². The maximum absolute atomic E-state index is 13.4. The first-order chi connectivity index (χ1) is 15.0. The molecule has 2 aliphatic rings. The van der Waals surface area contributed by atoms with Crippen LogP contribution in [0.25, 0.3) is 0 Å². The van der Waals surface area contributed by atoms with Gasteiger partial charge in [-0.15, -0.1) is 0 Å². The van der Waals surface area contributed by atoms with Crippen molar-refractivity contribution in [3.8, 4) is 5.75 Å². The van der Waals surface area contributed by atoms with Crippen molar-refractivity contribution in [1.29, 1.82) is 0 Å². The zero-order valence-corrected chi connectivity index (χ0v) is 18.2. The van der Waals surface area contributed by atoms with Gasteiger partial charge in [0.2, 0.25) is 5.91 Å². The Hall–Kier alpha value is -2.93. The van der Waals surface area contributed by atoms with E-state index in [-0.39, 0.29) is 11.8 Å². The number of para-hydroxylation sites is 1. The fraction of sp³-hybridized carbons (Fsp3) is 0.458. The smallest absolute Gasteiger partial charge is 0.252 e. The van der Waals surface area contributed by atoms with Crippen molar-refractivity contribution in [1.82, 2.24) is 20.1 Å². The maximum atomic E-state index is 13.4. The second-order valence-electron chi connectivity index (χ2n) is 8.67. The van der Waals surface area contributed by atoms with Crippen LogP contribution in [0, 0.1) is 0 Å². The van der Waals surface area contributed by atoms with Gasteiger partial charge < -0.3 is 19.9 Å². The van der Waals surface area contributed by atoms with Gasteiger partial charge in [-0.2, -0.15) is 0 Å². The Morgan fingerprint density at radius 3 is 2.71 bits per heavy atom. The normalized spacial score (nSPS) is 22.6. The van der Waals surface area contributed by atoms with Crippen molar-refractivity contribution >= 4 is 11.8 Å². The molecule has 1 saturated heterocycles. The first kappa shape index (κ1) is 21.3. The van der Waals surface area contributed by atoms with E-state index in [0.29, 0.717) is 18.7 Å². The standard InChI is InChI=1S/C24H30N4O3/c1-18(26-22(29)19-8-12-25-13-9-19)23(30)28-16-20-6-3-4-7-21(20)31-24(17-28)10-5-14-27(2)15-11-24/h3-4,6-9,12-13,18H,5,10-11,14-17H2,1-2H3,(H,26,29). The first-order valence-corrected chi connectivity index (χ1v) is 10.9. The minimum absolute atomic E-state index is 0.0975. The number of aromatic nitrogens is 1. The molecule has 1 aromatic heterocycles. The molecule has 2 unspecified atom stereocenters. The van der Waals surface area contributed by atoms with Crippen LogP contribution >= 0.6 is 0 Å². The fourth-order valence-electron chi connectivity index (χ4n) is 4.45. The number of rotatable bonds is 3. The highest BCUT2D eigenvalue weighted by atomic mass is 16.5. The monoisotopic (exact) mass is 422 g/mol. The molecule has 2 aromatic rings. The van der Waals surface area contributed by atoms with Gasteiger partial charge in [-0.3, -0.25) is 14.6 Å². The molecule has 2 atom stereocenters. The highest BCUT2D eigenvalue weighted by Crippen LogP contribution is 2.35. The van der Waals surface area contributed by atoms with Crippen molar-refractivity contribution in [2.75, 3.05) is 26.7 Å². The Balaban J connectivity index is 1.55. The molecule has 2 amide bonds. The predicted octanol–water partition coefficient (Wildman–Crippen LogP) is 2.48. The molecule has 3 heterocycles. The van der Waals surface area contributed by atoms with E-state index in [9.17, 15) is 9.59 Å². The summed E-state index contributed by atoms with van der Waals surface area (Å²) >= 11 is 0. The average Bonchev–Trinajstić information content (AvgIpc) is 3.06. The molecule has 7 heteroatoms. The summed E-state index contributed by atoms with van der Waals surface area (Å²) in [5.41, 5.74) is 1.07. The van der Waals surface area contributed by atoms with Crippen LogP contribution in [-0.4, -0.2) is 64.9 Å². The van der Waals surface area contributed by atoms with Crippen molar-refractivity contribution in [2.24, 2.45) is 0 Å². The third-order valence-corrected chi connectivity index (χ3v) is 6.23. The SMILES string of the molecule is CC(NC(=O)c1ccncc1)C(=O)N1Cc2ccccc2OC2(CCCN(C)CC2)C1. The molecule has 164 valence electrons. The largest absolute Gasteiger partial charge is 0.485 e. The van der Waals surface area contributed by atoms with Crippen molar-refractivity contribution < 1.29 is 14.3 Å². The minimum atomic E-state index is -0.642. The van der Waals surface area contributed by atoms with Crippen molar-refractivity contribution in [3.63, 3.8) is 0 Å². The van der Waals surface area contributed by atoms with Gasteiger partial charge >= 0.3 is 0 Å². The zero-order valence-electron chi connectivity index (χ0n) is 18.2. The van der Waals surface area contributed by atoms with E-state index in [1.165, 1.54) is 0 Å². The lowest BCUT2D eigenvalue weighted by Gasteiger charge is -2.36. The highest BCUT2D eigenvalue weighted by Gasteiger charge is 2.41. The number of hydrogen-bond acceptors (Lipinski definition) is 5. The number of amides is 2. The van der Waals surface area contributed by atoms with E-state index in [1.807, 2.05) is 29.2 Å². The molecule has 1 aromatic carbocycles. The zero-order chi connectivity index (χ0) is 21.8. The van der Waals surface area contributed by atoms with Gasteiger partial charge in [0.25, 0.3) is 5.91 Å². The van der Waals surface area contributed by atoms with Crippen molar-refractivity contribution in [3.05, 3.63) is 59.9 Å². The second-order valence-corrected chi connectivity index (χ2v) is 8.67. The average molecular weight is 423 g/mol. The van der Waals surface area contributed by atoms with E-state index in [4.69, 9.17) is 4.74 Å². The van der Waals surface area contributed by atoms with Crippen LogP contribution in [0.15, 0.2) is 48.8 Å². The molecule has 0 aliphatic carbocycles. The topological polar surface area (TPSA) is 74.8 Å². The Morgan fingerprint density at radius 1 is 1.13 bits per heavy atom. The van der Waals surface area contributed by atoms with Gasteiger partial charge in [0.15, 0.2) is 0 Å². The molecule has 0 radical (unpaired) electrons. The number of pyridine rings is 1. The third kappa shape index (κ3) is 4.88. The van der Waals surface area contributed by atoms with Crippen LogP contribution in [-0.2, 0) is 11.3 Å². The summed E-state index contributed by atoms with van der Waals surface area (Å²) in [7, 11) is 2.13. The van der Waals surface area contributed by atoms with Gasteiger partial charge in [0.05, 0.1) is 6.54 Å². The number of hydrogen-bond donors (Lipinski definition) is 1. The Morgan fingerprint density at radius 2 is 1.90 bits per heavy atom. The Bertz CT molecular complexity index is 935. The van der Waals surface area contributed by atoms with Crippen LogP contribution in [0.5, 0.6) is 5.75 Å². The van der Waals surface area contributed by atoms with E-state index in [0.717, 1.165) is 43.7 Å². The van der Waals surface area contributed by atoms with Gasteiger partial charge in [-0.05, 0) is 51.6 Å². The summed E-state index contributed by atoms with van der Waals surface area (Å²) in [5.74, 6) is 0.482. The Labute approximate surface area is 183 Å². The van der Waals surface area contributed by atoms with Gasteiger partial charge in [-0.25, -0.2) is 0 Å². The fourth-order valence-corrected chi connectivity index (χ4v) is 4.45. The summed E-state index contributed by atoms with van der Waals surface area (Å²) < 4.78 is 6.61. The molecule has 1 spiro atoms.